The van der Waals surface area contributed by atoms with E-state index in [1.54, 1.807) is 6.26 Å². The zero-order chi connectivity index (χ0) is 11.7. The lowest BCUT2D eigenvalue weighted by Crippen LogP contribution is -2.35. The molecule has 0 aliphatic rings. The Morgan fingerprint density at radius 3 is 2.80 bits per heavy atom. The van der Waals surface area contributed by atoms with Crippen molar-refractivity contribution in [3.8, 4) is 12.3 Å². The van der Waals surface area contributed by atoms with Gasteiger partial charge in [0.05, 0.1) is 13.1 Å². The van der Waals surface area contributed by atoms with Gasteiger partial charge in [0.25, 0.3) is 0 Å². The smallest absolute Gasteiger partial charge is 0.233 e. The first-order valence-corrected chi connectivity index (χ1v) is 6.43. The van der Waals surface area contributed by atoms with Crippen molar-refractivity contribution < 1.29 is 9.00 Å². The summed E-state index contributed by atoms with van der Waals surface area (Å²) < 4.78 is 11.0. The quantitative estimate of drug-likeness (QED) is 0.457. The number of nitrogens with one attached hydrogen (secondary N) is 2. The SMILES string of the molecule is C#CCNCC(=O)NCCC(C)S(C)=O. The summed E-state index contributed by atoms with van der Waals surface area (Å²) in [4.78, 5) is 11.2. The summed E-state index contributed by atoms with van der Waals surface area (Å²) in [6.45, 7) is 3.08. The molecule has 15 heavy (non-hydrogen) atoms. The predicted octanol–water partition coefficient (Wildman–Crippen LogP) is -0.517. The highest BCUT2D eigenvalue weighted by atomic mass is 32.2. The maximum atomic E-state index is 11.2. The van der Waals surface area contributed by atoms with Crippen molar-refractivity contribution in [2.24, 2.45) is 0 Å². The highest BCUT2D eigenvalue weighted by Gasteiger charge is 2.06. The second kappa shape index (κ2) is 8.45. The summed E-state index contributed by atoms with van der Waals surface area (Å²) in [6.07, 6.45) is 7.40. The van der Waals surface area contributed by atoms with Crippen LogP contribution in [-0.2, 0) is 15.6 Å². The molecule has 0 bridgehead atoms. The first-order valence-electron chi connectivity index (χ1n) is 4.81. The molecule has 0 rings (SSSR count). The van der Waals surface area contributed by atoms with Gasteiger partial charge in [0.2, 0.25) is 5.91 Å². The van der Waals surface area contributed by atoms with E-state index in [2.05, 4.69) is 16.6 Å². The Morgan fingerprint density at radius 2 is 2.27 bits per heavy atom. The van der Waals surface area contributed by atoms with E-state index in [0.29, 0.717) is 13.1 Å². The minimum absolute atomic E-state index is 0.0839. The second-order valence-corrected chi connectivity index (χ2v) is 5.06. The monoisotopic (exact) mass is 230 g/mol. The molecule has 0 aliphatic carbocycles. The van der Waals surface area contributed by atoms with Gasteiger partial charge in [0.1, 0.15) is 0 Å². The number of hydrogen-bond donors (Lipinski definition) is 2. The summed E-state index contributed by atoms with van der Waals surface area (Å²) in [5.74, 6) is 2.30. The number of carbonyl (C=O) groups excluding carboxylic acids is 1. The van der Waals surface area contributed by atoms with E-state index in [1.807, 2.05) is 6.92 Å². The molecular weight excluding hydrogens is 212 g/mol. The van der Waals surface area contributed by atoms with E-state index in [1.165, 1.54) is 0 Å². The fourth-order valence-electron chi connectivity index (χ4n) is 0.892. The Bertz CT molecular complexity index is 261. The molecule has 0 aromatic rings. The molecule has 4 nitrogen and oxygen atoms in total. The minimum atomic E-state index is -0.825. The Morgan fingerprint density at radius 1 is 1.60 bits per heavy atom. The topological polar surface area (TPSA) is 58.2 Å². The molecule has 0 spiro atoms. The summed E-state index contributed by atoms with van der Waals surface area (Å²) in [5, 5.41) is 5.63. The van der Waals surface area contributed by atoms with Gasteiger partial charge in [-0.25, -0.2) is 0 Å². The molecule has 2 N–H and O–H groups in total. The molecule has 0 aromatic carbocycles. The molecule has 0 aliphatic heterocycles. The van der Waals surface area contributed by atoms with Crippen LogP contribution in [0.1, 0.15) is 13.3 Å². The van der Waals surface area contributed by atoms with Crippen LogP contribution in [0.3, 0.4) is 0 Å². The molecule has 0 heterocycles. The normalized spacial score (nSPS) is 13.9. The van der Waals surface area contributed by atoms with Crippen LogP contribution in [0.2, 0.25) is 0 Å². The molecule has 2 atom stereocenters. The van der Waals surface area contributed by atoms with Crippen molar-refractivity contribution in [1.29, 1.82) is 0 Å². The number of hydrogen-bond acceptors (Lipinski definition) is 3. The Kier molecular flexibility index (Phi) is 7.96. The van der Waals surface area contributed by atoms with E-state index in [-0.39, 0.29) is 17.7 Å². The molecule has 0 radical (unpaired) electrons. The standard InChI is InChI=1S/C10H18N2O2S/c1-4-6-11-8-10(13)12-7-5-9(2)15(3)14/h1,9,11H,5-8H2,2-3H3,(H,12,13). The van der Waals surface area contributed by atoms with E-state index in [4.69, 9.17) is 6.42 Å². The highest BCUT2D eigenvalue weighted by Crippen LogP contribution is 1.96. The summed E-state index contributed by atoms with van der Waals surface area (Å²) in [6, 6.07) is 0. The third kappa shape index (κ3) is 8.16. The highest BCUT2D eigenvalue weighted by molar-refractivity contribution is 7.84. The number of amides is 1. The largest absolute Gasteiger partial charge is 0.355 e. The van der Waals surface area contributed by atoms with Crippen LogP contribution >= 0.6 is 0 Å². The maximum Gasteiger partial charge on any atom is 0.233 e. The Labute approximate surface area is 93.7 Å². The number of carbonyl (C=O) groups is 1. The van der Waals surface area contributed by atoms with Crippen molar-refractivity contribution in [2.45, 2.75) is 18.6 Å². The van der Waals surface area contributed by atoms with Crippen molar-refractivity contribution in [3.05, 3.63) is 0 Å². The molecule has 0 aromatic heterocycles. The second-order valence-electron chi connectivity index (χ2n) is 3.26. The van der Waals surface area contributed by atoms with Gasteiger partial charge in [0, 0.05) is 28.9 Å². The third-order valence-electron chi connectivity index (χ3n) is 1.95. The number of rotatable bonds is 7. The number of terminal acetylenes is 1. The van der Waals surface area contributed by atoms with Gasteiger partial charge in [-0.2, -0.15) is 0 Å². The zero-order valence-corrected chi connectivity index (χ0v) is 10.0. The van der Waals surface area contributed by atoms with Gasteiger partial charge < -0.3 is 5.32 Å². The van der Waals surface area contributed by atoms with Gasteiger partial charge in [-0.1, -0.05) is 12.8 Å². The van der Waals surface area contributed by atoms with Crippen LogP contribution in [0.4, 0.5) is 0 Å². The minimum Gasteiger partial charge on any atom is -0.355 e. The molecule has 86 valence electrons. The van der Waals surface area contributed by atoms with Gasteiger partial charge >= 0.3 is 0 Å². The van der Waals surface area contributed by atoms with E-state index in [9.17, 15) is 9.00 Å². The lowest BCUT2D eigenvalue weighted by atomic mass is 10.3. The first kappa shape index (κ1) is 14.1. The predicted molar refractivity (Wildman–Crippen MR) is 62.9 cm³/mol. The van der Waals surface area contributed by atoms with Crippen LogP contribution in [-0.4, -0.2) is 41.3 Å². The molecular formula is C10H18N2O2S. The van der Waals surface area contributed by atoms with Gasteiger partial charge in [-0.15, -0.1) is 6.42 Å². The van der Waals surface area contributed by atoms with Gasteiger partial charge in [0.15, 0.2) is 0 Å². The van der Waals surface area contributed by atoms with Crippen LogP contribution in [0, 0.1) is 12.3 Å². The van der Waals surface area contributed by atoms with Crippen molar-refractivity contribution >= 4 is 16.7 Å². The van der Waals surface area contributed by atoms with E-state index < -0.39 is 10.8 Å². The first-order chi connectivity index (χ1) is 7.07. The van der Waals surface area contributed by atoms with Crippen LogP contribution in [0.15, 0.2) is 0 Å². The average Bonchev–Trinajstić information content (AvgIpc) is 2.18. The van der Waals surface area contributed by atoms with E-state index in [0.717, 1.165) is 6.42 Å². The molecule has 0 saturated carbocycles. The fraction of sp³-hybridized carbons (Fsp3) is 0.700. The van der Waals surface area contributed by atoms with Crippen LogP contribution < -0.4 is 10.6 Å². The average molecular weight is 230 g/mol. The fourth-order valence-corrected chi connectivity index (χ4v) is 1.34. The Hall–Kier alpha value is -0.860. The molecule has 0 fully saturated rings. The summed E-state index contributed by atoms with van der Waals surface area (Å²) in [7, 11) is -0.825. The zero-order valence-electron chi connectivity index (χ0n) is 9.21. The molecule has 0 saturated heterocycles. The van der Waals surface area contributed by atoms with E-state index >= 15 is 0 Å². The molecule has 1 amide bonds. The Balaban J connectivity index is 3.47. The lowest BCUT2D eigenvalue weighted by molar-refractivity contribution is -0.120. The third-order valence-corrected chi connectivity index (χ3v) is 3.32. The van der Waals surface area contributed by atoms with Crippen LogP contribution in [0.25, 0.3) is 0 Å². The maximum absolute atomic E-state index is 11.2. The summed E-state index contributed by atoms with van der Waals surface area (Å²) >= 11 is 0. The lowest BCUT2D eigenvalue weighted by Gasteiger charge is -2.09. The molecule has 2 unspecified atom stereocenters. The van der Waals surface area contributed by atoms with Crippen molar-refractivity contribution in [2.75, 3.05) is 25.9 Å². The molecule has 5 heteroatoms. The van der Waals surface area contributed by atoms with Crippen molar-refractivity contribution in [3.63, 3.8) is 0 Å². The van der Waals surface area contributed by atoms with Gasteiger partial charge in [-0.3, -0.25) is 14.3 Å². The van der Waals surface area contributed by atoms with Gasteiger partial charge in [-0.05, 0) is 6.42 Å². The van der Waals surface area contributed by atoms with Crippen molar-refractivity contribution in [1.82, 2.24) is 10.6 Å². The van der Waals surface area contributed by atoms with Crippen LogP contribution in [0.5, 0.6) is 0 Å². The summed E-state index contributed by atoms with van der Waals surface area (Å²) in [5.41, 5.74) is 0.